The van der Waals surface area contributed by atoms with Crippen LogP contribution in [0.5, 0.6) is 5.75 Å². The molecule has 0 spiro atoms. The Balaban J connectivity index is 3.25. The lowest BCUT2D eigenvalue weighted by atomic mass is 10.3. The van der Waals surface area contributed by atoms with Crippen molar-refractivity contribution in [1.82, 2.24) is 0 Å². The maximum Gasteiger partial charge on any atom is 0.201 e. The minimum Gasteiger partial charge on any atom is -0.505 e. The number of hydrogen-bond donors (Lipinski definition) is 1. The molecule has 0 heterocycles. The second-order valence-electron chi connectivity index (χ2n) is 1.91. The molecule has 0 atom stereocenters. The Bertz CT molecular complexity index is 275. The molecule has 1 aromatic rings. The van der Waals surface area contributed by atoms with Gasteiger partial charge in [-0.2, -0.15) is 4.39 Å². The predicted molar refractivity (Wildman–Crippen MR) is 39.8 cm³/mol. The number of aromatic hydroxyl groups is 1. The number of phenols is 1. The van der Waals surface area contributed by atoms with Gasteiger partial charge in [0.25, 0.3) is 0 Å². The van der Waals surface area contributed by atoms with E-state index in [-0.39, 0.29) is 4.90 Å². The molecule has 11 heavy (non-hydrogen) atoms. The van der Waals surface area contributed by atoms with Gasteiger partial charge in [-0.1, -0.05) is 0 Å². The minimum atomic E-state index is -1.18. The molecule has 0 amide bonds. The number of thioether (sulfide) groups is 1. The summed E-state index contributed by atoms with van der Waals surface area (Å²) in [6, 6.07) is 2.46. The van der Waals surface area contributed by atoms with Crippen molar-refractivity contribution in [2.75, 3.05) is 6.26 Å². The zero-order chi connectivity index (χ0) is 8.43. The molecule has 0 bridgehead atoms. The lowest BCUT2D eigenvalue weighted by Gasteiger charge is -2.00. The second kappa shape index (κ2) is 3.09. The maximum absolute atomic E-state index is 12.7. The van der Waals surface area contributed by atoms with Crippen LogP contribution in [0.4, 0.5) is 8.78 Å². The van der Waals surface area contributed by atoms with Crippen molar-refractivity contribution < 1.29 is 13.9 Å². The van der Waals surface area contributed by atoms with Gasteiger partial charge in [0.15, 0.2) is 11.6 Å². The largest absolute Gasteiger partial charge is 0.505 e. The molecule has 1 aromatic carbocycles. The van der Waals surface area contributed by atoms with Crippen LogP contribution in [0.15, 0.2) is 17.0 Å². The summed E-state index contributed by atoms with van der Waals surface area (Å²) in [6.45, 7) is 0. The Labute approximate surface area is 67.0 Å². The van der Waals surface area contributed by atoms with Gasteiger partial charge in [0.1, 0.15) is 0 Å². The van der Waals surface area contributed by atoms with Crippen molar-refractivity contribution in [2.45, 2.75) is 4.90 Å². The topological polar surface area (TPSA) is 20.2 Å². The molecule has 0 aromatic heterocycles. The zero-order valence-corrected chi connectivity index (χ0v) is 6.58. The first-order valence-corrected chi connectivity index (χ1v) is 4.10. The molecule has 60 valence electrons. The number of rotatable bonds is 1. The third-order valence-corrected chi connectivity index (χ3v) is 2.00. The predicted octanol–water partition coefficient (Wildman–Crippen LogP) is 2.39. The first kappa shape index (κ1) is 8.33. The van der Waals surface area contributed by atoms with Crippen LogP contribution < -0.4 is 0 Å². The highest BCUT2D eigenvalue weighted by Crippen LogP contribution is 2.26. The Morgan fingerprint density at radius 2 is 1.91 bits per heavy atom. The highest BCUT2D eigenvalue weighted by Gasteiger charge is 2.10. The van der Waals surface area contributed by atoms with Crippen LogP contribution in [0.2, 0.25) is 0 Å². The average Bonchev–Trinajstić information content (AvgIpc) is 2.01. The average molecular weight is 176 g/mol. The third-order valence-electron chi connectivity index (χ3n) is 1.25. The normalized spacial score (nSPS) is 10.1. The SMILES string of the molecule is CSc1ccc(O)c(F)c1F. The lowest BCUT2D eigenvalue weighted by Crippen LogP contribution is -1.86. The quantitative estimate of drug-likeness (QED) is 0.663. The van der Waals surface area contributed by atoms with Crippen molar-refractivity contribution in [3.05, 3.63) is 23.8 Å². The van der Waals surface area contributed by atoms with E-state index in [4.69, 9.17) is 5.11 Å². The fourth-order valence-corrected chi connectivity index (χ4v) is 1.15. The summed E-state index contributed by atoms with van der Waals surface area (Å²) < 4.78 is 25.2. The van der Waals surface area contributed by atoms with Gasteiger partial charge in [0.05, 0.1) is 0 Å². The standard InChI is InChI=1S/C7H6F2OS/c1-11-5-3-2-4(10)6(8)7(5)9/h2-3,10H,1H3. The van der Waals surface area contributed by atoms with Gasteiger partial charge < -0.3 is 5.11 Å². The van der Waals surface area contributed by atoms with E-state index in [1.54, 1.807) is 6.26 Å². The molecule has 0 aliphatic rings. The molecule has 0 fully saturated rings. The molecule has 0 saturated heterocycles. The van der Waals surface area contributed by atoms with E-state index < -0.39 is 17.4 Å². The van der Waals surface area contributed by atoms with E-state index in [0.717, 1.165) is 17.8 Å². The fourth-order valence-electron chi connectivity index (χ4n) is 0.679. The van der Waals surface area contributed by atoms with Crippen LogP contribution in [0, 0.1) is 11.6 Å². The number of hydrogen-bond acceptors (Lipinski definition) is 2. The van der Waals surface area contributed by atoms with Crippen LogP contribution in [0.1, 0.15) is 0 Å². The van der Waals surface area contributed by atoms with Crippen molar-refractivity contribution in [3.63, 3.8) is 0 Å². The monoisotopic (exact) mass is 176 g/mol. The summed E-state index contributed by atoms with van der Waals surface area (Å²) in [5.41, 5.74) is 0. The van der Waals surface area contributed by atoms with Gasteiger partial charge in [-0.25, -0.2) is 4.39 Å². The minimum absolute atomic E-state index is 0.195. The molecule has 1 N–H and O–H groups in total. The molecule has 0 unspecified atom stereocenters. The number of phenolic OH excluding ortho intramolecular Hbond substituents is 1. The van der Waals surface area contributed by atoms with Gasteiger partial charge in [-0.3, -0.25) is 0 Å². The summed E-state index contributed by atoms with van der Waals surface area (Å²) in [5.74, 6) is -2.82. The van der Waals surface area contributed by atoms with Gasteiger partial charge in [0.2, 0.25) is 5.82 Å². The van der Waals surface area contributed by atoms with Crippen LogP contribution in [0.3, 0.4) is 0 Å². The Hall–Kier alpha value is -0.770. The summed E-state index contributed by atoms with van der Waals surface area (Å²) in [4.78, 5) is 0.195. The summed E-state index contributed by atoms with van der Waals surface area (Å²) in [7, 11) is 0. The van der Waals surface area contributed by atoms with Gasteiger partial charge in [-0.15, -0.1) is 11.8 Å². The lowest BCUT2D eigenvalue weighted by molar-refractivity contribution is 0.401. The van der Waals surface area contributed by atoms with E-state index in [1.807, 2.05) is 0 Å². The van der Waals surface area contributed by atoms with Gasteiger partial charge >= 0.3 is 0 Å². The van der Waals surface area contributed by atoms with E-state index >= 15 is 0 Å². The Morgan fingerprint density at radius 3 is 2.45 bits per heavy atom. The van der Waals surface area contributed by atoms with Crippen LogP contribution in [-0.2, 0) is 0 Å². The molecular formula is C7H6F2OS. The second-order valence-corrected chi connectivity index (χ2v) is 2.76. The van der Waals surface area contributed by atoms with Crippen LogP contribution in [-0.4, -0.2) is 11.4 Å². The van der Waals surface area contributed by atoms with Crippen molar-refractivity contribution in [3.8, 4) is 5.75 Å². The first-order valence-electron chi connectivity index (χ1n) is 2.87. The molecule has 0 radical (unpaired) electrons. The Morgan fingerprint density at radius 1 is 1.27 bits per heavy atom. The Kier molecular flexibility index (Phi) is 2.34. The molecule has 0 aliphatic carbocycles. The van der Waals surface area contributed by atoms with Crippen molar-refractivity contribution in [2.24, 2.45) is 0 Å². The first-order chi connectivity index (χ1) is 5.16. The summed E-state index contributed by atoms with van der Waals surface area (Å²) >= 11 is 1.09. The summed E-state index contributed by atoms with van der Waals surface area (Å²) in [5, 5.41) is 8.70. The molecule has 1 nitrogen and oxygen atoms in total. The van der Waals surface area contributed by atoms with E-state index in [0.29, 0.717) is 0 Å². The molecule has 0 aliphatic heterocycles. The molecule has 0 saturated carbocycles. The van der Waals surface area contributed by atoms with E-state index in [2.05, 4.69) is 0 Å². The van der Waals surface area contributed by atoms with Gasteiger partial charge in [0, 0.05) is 4.90 Å². The highest BCUT2D eigenvalue weighted by molar-refractivity contribution is 7.98. The maximum atomic E-state index is 12.7. The number of halogens is 2. The summed E-state index contributed by atoms with van der Waals surface area (Å²) in [6.07, 6.45) is 1.63. The van der Waals surface area contributed by atoms with E-state index in [9.17, 15) is 8.78 Å². The fraction of sp³-hybridized carbons (Fsp3) is 0.143. The highest BCUT2D eigenvalue weighted by atomic mass is 32.2. The van der Waals surface area contributed by atoms with Crippen LogP contribution >= 0.6 is 11.8 Å². The molecular weight excluding hydrogens is 170 g/mol. The smallest absolute Gasteiger partial charge is 0.201 e. The van der Waals surface area contributed by atoms with E-state index in [1.165, 1.54) is 6.07 Å². The zero-order valence-electron chi connectivity index (χ0n) is 5.77. The van der Waals surface area contributed by atoms with Gasteiger partial charge in [-0.05, 0) is 18.4 Å². The van der Waals surface area contributed by atoms with Crippen LogP contribution in [0.25, 0.3) is 0 Å². The molecule has 1 rings (SSSR count). The van der Waals surface area contributed by atoms with Crippen molar-refractivity contribution in [1.29, 1.82) is 0 Å². The third kappa shape index (κ3) is 1.45. The molecule has 4 heteroatoms. The number of benzene rings is 1. The van der Waals surface area contributed by atoms with Crippen molar-refractivity contribution >= 4 is 11.8 Å².